The number of piperidine rings is 1. The standard InChI is InChI=1S/C59H74N6O11/c1-12-55(61-47(67)37-19-21-38(22-20-37)62(7)53(70)76-54(4,5)6)31-36-32-58(51(68)73-10,46-40(23-27-64(33-36)34-55)39-17-14-15-18-43(39)60-46)42-29-41-44(30-45(42)72-9)63(8)49-57(41)25-28-65-26-16-24-56(13-2,48(57)65)50(75-35(3)66)59(49,71)52(69)74-11/h14-22,24,29-30,36,48-50,60,71H,12-13,23,25-28,31-34H2,1-11H3,(H,61,67)/t36-,48+,49-,50-,55+,56-,57-,58+,59+/m1/s1. The summed E-state index contributed by atoms with van der Waals surface area (Å²) in [4.78, 5) is 83.0. The summed E-state index contributed by atoms with van der Waals surface area (Å²) in [5.74, 6) is -2.04. The summed E-state index contributed by atoms with van der Waals surface area (Å²) in [6.45, 7) is 13.9. The molecule has 4 aromatic rings. The summed E-state index contributed by atoms with van der Waals surface area (Å²) in [6, 6.07) is 17.7. The number of aromatic nitrogens is 1. The molecule has 10 atom stereocenters. The molecule has 6 heterocycles. The van der Waals surface area contributed by atoms with Gasteiger partial charge in [-0.2, -0.15) is 0 Å². The number of aromatic amines is 1. The zero-order valence-corrected chi connectivity index (χ0v) is 45.8. The Labute approximate surface area is 445 Å². The second-order valence-electron chi connectivity index (χ2n) is 23.3. The maximum atomic E-state index is 15.8. The maximum Gasteiger partial charge on any atom is 0.414 e. The van der Waals surface area contributed by atoms with Crippen LogP contribution in [0.15, 0.2) is 72.8 Å². The molecule has 2 amide bonds. The molecule has 17 nitrogen and oxygen atoms in total. The zero-order chi connectivity index (χ0) is 54.5. The molecule has 6 aliphatic rings. The lowest BCUT2D eigenvalue weighted by atomic mass is 9.47. The number of carbonyl (C=O) groups excluding carboxylic acids is 5. The second kappa shape index (κ2) is 18.9. The number of anilines is 2. The van der Waals surface area contributed by atoms with E-state index in [4.69, 9.17) is 23.7 Å². The predicted molar refractivity (Wildman–Crippen MR) is 287 cm³/mol. The zero-order valence-electron chi connectivity index (χ0n) is 45.8. The van der Waals surface area contributed by atoms with Crippen LogP contribution in [-0.2, 0) is 50.6 Å². The highest BCUT2D eigenvalue weighted by Gasteiger charge is 2.80. The number of ether oxygens (including phenoxy) is 5. The Kier molecular flexibility index (Phi) is 13.2. The number of likely N-dealkylation sites (N-methyl/N-ethyl adjacent to an activating group) is 1. The fourth-order valence-electron chi connectivity index (χ4n) is 15.3. The van der Waals surface area contributed by atoms with Crippen molar-refractivity contribution in [2.45, 2.75) is 126 Å². The molecule has 1 spiro atoms. The van der Waals surface area contributed by atoms with Crippen LogP contribution in [0.4, 0.5) is 16.2 Å². The van der Waals surface area contributed by atoms with Crippen molar-refractivity contribution in [2.24, 2.45) is 11.3 Å². The van der Waals surface area contributed by atoms with E-state index in [-0.39, 0.29) is 24.3 Å². The van der Waals surface area contributed by atoms with E-state index in [1.165, 1.54) is 26.0 Å². The van der Waals surface area contributed by atoms with Crippen molar-refractivity contribution >= 4 is 52.2 Å². The number of hydrogen-bond donors (Lipinski definition) is 3. The SMILES string of the molecule is CC[C@]1(NC(=O)c2ccc(N(C)C(=O)OC(C)(C)C)cc2)C[C@H]2CN(CCc3c([nH]c4ccccc34)[C@@](C(=O)OC)(c3cc4c(cc3OC)N(C)[C@H]3[C@@](O)(C(=O)OC)[C@H](OC(C)=O)[C@]5(CC)C=CCN6CC[C@]43[C@@H]65)C2)C1. The molecule has 406 valence electrons. The van der Waals surface area contributed by atoms with Gasteiger partial charge in [-0.25, -0.2) is 9.59 Å². The molecule has 1 aliphatic carbocycles. The van der Waals surface area contributed by atoms with E-state index in [0.29, 0.717) is 98.8 Å². The highest BCUT2D eigenvalue weighted by molar-refractivity contribution is 5.97. The molecule has 3 N–H and O–H groups in total. The molecule has 1 unspecified atom stereocenters. The third-order valence-corrected chi connectivity index (χ3v) is 18.2. The van der Waals surface area contributed by atoms with Gasteiger partial charge in [0.15, 0.2) is 6.10 Å². The van der Waals surface area contributed by atoms with E-state index in [1.54, 1.807) is 38.4 Å². The third kappa shape index (κ3) is 7.83. The molecule has 5 aliphatic heterocycles. The van der Waals surface area contributed by atoms with Gasteiger partial charge in [-0.05, 0) is 119 Å². The van der Waals surface area contributed by atoms with E-state index in [2.05, 4.69) is 39.2 Å². The van der Waals surface area contributed by atoms with Crippen LogP contribution in [0.5, 0.6) is 5.75 Å². The number of rotatable bonds is 10. The molecule has 1 saturated carbocycles. The Balaban J connectivity index is 1.13. The van der Waals surface area contributed by atoms with Crippen LogP contribution in [0.2, 0.25) is 0 Å². The molecule has 76 heavy (non-hydrogen) atoms. The Morgan fingerprint density at radius 1 is 0.908 bits per heavy atom. The lowest BCUT2D eigenvalue weighted by Gasteiger charge is -2.63. The Morgan fingerprint density at radius 2 is 1.63 bits per heavy atom. The molecule has 10 rings (SSSR count). The second-order valence-corrected chi connectivity index (χ2v) is 23.3. The Morgan fingerprint density at radius 3 is 2.29 bits per heavy atom. The minimum atomic E-state index is -2.35. The number of H-pyrrole nitrogens is 1. The number of aliphatic hydroxyl groups is 1. The van der Waals surface area contributed by atoms with E-state index in [1.807, 2.05) is 76.1 Å². The van der Waals surface area contributed by atoms with Gasteiger partial charge in [0.25, 0.3) is 5.91 Å². The van der Waals surface area contributed by atoms with Gasteiger partial charge in [0.05, 0.1) is 32.9 Å². The van der Waals surface area contributed by atoms with Gasteiger partial charge in [0.2, 0.25) is 5.60 Å². The van der Waals surface area contributed by atoms with Crippen molar-refractivity contribution in [3.05, 3.63) is 101 Å². The lowest BCUT2D eigenvalue weighted by Crippen LogP contribution is -2.81. The van der Waals surface area contributed by atoms with Gasteiger partial charge >= 0.3 is 24.0 Å². The summed E-state index contributed by atoms with van der Waals surface area (Å²) >= 11 is 0. The lowest BCUT2D eigenvalue weighted by molar-refractivity contribution is -0.228. The van der Waals surface area contributed by atoms with Crippen LogP contribution in [0, 0.1) is 11.3 Å². The van der Waals surface area contributed by atoms with E-state index in [0.717, 1.165) is 22.0 Å². The summed E-state index contributed by atoms with van der Waals surface area (Å²) in [7, 11) is 7.75. The topological polar surface area (TPSA) is 193 Å². The largest absolute Gasteiger partial charge is 0.496 e. The van der Waals surface area contributed by atoms with Crippen LogP contribution in [0.1, 0.15) is 106 Å². The molecule has 2 saturated heterocycles. The summed E-state index contributed by atoms with van der Waals surface area (Å²) in [5.41, 5.74) is -1.59. The molecule has 3 fully saturated rings. The number of carbonyl (C=O) groups is 5. The molecule has 3 aromatic carbocycles. The number of esters is 3. The minimum Gasteiger partial charge on any atom is -0.496 e. The van der Waals surface area contributed by atoms with Gasteiger partial charge in [0, 0.05) is 109 Å². The number of benzene rings is 3. The normalized spacial score (nSPS) is 31.3. The predicted octanol–water partition coefficient (Wildman–Crippen LogP) is 6.80. The van der Waals surface area contributed by atoms with Crippen molar-refractivity contribution in [1.29, 1.82) is 0 Å². The van der Waals surface area contributed by atoms with Crippen LogP contribution in [0.25, 0.3) is 10.9 Å². The van der Waals surface area contributed by atoms with Gasteiger partial charge in [-0.15, -0.1) is 0 Å². The highest BCUT2D eigenvalue weighted by Crippen LogP contribution is 2.68. The van der Waals surface area contributed by atoms with Crippen LogP contribution in [-0.4, -0.2) is 153 Å². The first-order valence-electron chi connectivity index (χ1n) is 26.8. The number of amides is 2. The summed E-state index contributed by atoms with van der Waals surface area (Å²) in [5, 5.41) is 18.0. The highest BCUT2D eigenvalue weighted by atomic mass is 16.6. The van der Waals surface area contributed by atoms with E-state index >= 15 is 4.79 Å². The smallest absolute Gasteiger partial charge is 0.414 e. The molecule has 2 bridgehead atoms. The Bertz CT molecular complexity index is 3020. The van der Waals surface area contributed by atoms with E-state index < -0.39 is 69.1 Å². The van der Waals surface area contributed by atoms with Crippen molar-refractivity contribution in [2.75, 3.05) is 77.9 Å². The summed E-state index contributed by atoms with van der Waals surface area (Å²) < 4.78 is 29.9. The van der Waals surface area contributed by atoms with E-state index in [9.17, 15) is 24.3 Å². The monoisotopic (exact) mass is 1040 g/mol. The minimum absolute atomic E-state index is 0.191. The average Bonchev–Trinajstić information content (AvgIpc) is 4.27. The Hall–Kier alpha value is -6.43. The average molecular weight is 1040 g/mol. The number of fused-ring (bicyclic) bond motifs is 6. The van der Waals surface area contributed by atoms with Crippen molar-refractivity contribution < 1.29 is 52.8 Å². The van der Waals surface area contributed by atoms with Crippen molar-refractivity contribution in [3.63, 3.8) is 0 Å². The maximum absolute atomic E-state index is 15.8. The van der Waals surface area contributed by atoms with Gasteiger partial charge in [0.1, 0.15) is 16.8 Å². The number of nitrogens with one attached hydrogen (secondary N) is 2. The van der Waals surface area contributed by atoms with Gasteiger partial charge in [-0.3, -0.25) is 24.2 Å². The molecule has 17 heteroatoms. The van der Waals surface area contributed by atoms with Crippen LogP contribution < -0.4 is 19.9 Å². The fraction of sp³-hybridized carbons (Fsp3) is 0.542. The van der Waals surface area contributed by atoms with Crippen molar-refractivity contribution in [3.8, 4) is 5.75 Å². The fourth-order valence-corrected chi connectivity index (χ4v) is 15.3. The van der Waals surface area contributed by atoms with Crippen LogP contribution in [0.3, 0.4) is 0 Å². The third-order valence-electron chi connectivity index (χ3n) is 18.2. The number of para-hydroxylation sites is 1. The van der Waals surface area contributed by atoms with Gasteiger partial charge in [-0.1, -0.05) is 44.2 Å². The molecular formula is C59H74N6O11. The van der Waals surface area contributed by atoms with Gasteiger partial charge < -0.3 is 48.9 Å². The number of methoxy groups -OCH3 is 3. The molecule has 1 aromatic heterocycles. The summed E-state index contributed by atoms with van der Waals surface area (Å²) in [6.07, 6.45) is 5.20. The first kappa shape index (κ1) is 53.0. The molecular weight excluding hydrogens is 969 g/mol. The number of nitrogens with zero attached hydrogens (tertiary/aromatic N) is 4. The molecule has 0 radical (unpaired) electrons. The first-order valence-corrected chi connectivity index (χ1v) is 26.8. The van der Waals surface area contributed by atoms with Crippen LogP contribution >= 0.6 is 0 Å². The quantitative estimate of drug-likeness (QED) is 0.0854. The number of hydrogen-bond acceptors (Lipinski definition) is 14. The van der Waals surface area contributed by atoms with Crippen molar-refractivity contribution in [1.82, 2.24) is 20.1 Å². The first-order chi connectivity index (χ1) is 36.1.